The number of anilines is 1. The molecule has 5 heteroatoms. The summed E-state index contributed by atoms with van der Waals surface area (Å²) in [4.78, 5) is 12.0. The van der Waals surface area contributed by atoms with Gasteiger partial charge in [-0.05, 0) is 35.9 Å². The van der Waals surface area contributed by atoms with E-state index in [0.717, 1.165) is 0 Å². The van der Waals surface area contributed by atoms with Crippen molar-refractivity contribution in [3.8, 4) is 0 Å². The van der Waals surface area contributed by atoms with Crippen LogP contribution < -0.4 is 5.73 Å². The first kappa shape index (κ1) is 14.0. The van der Waals surface area contributed by atoms with Gasteiger partial charge in [0.25, 0.3) is 0 Å². The van der Waals surface area contributed by atoms with Gasteiger partial charge in [0.05, 0.1) is 10.7 Å². The standard InChI is InChI=1S/C14H10BrClFNO/c15-10-3-1-8(12(17)7-10)6-14(19)9-2-4-11(16)13(18)5-9/h1-5,7H,6,18H2. The first-order chi connectivity index (χ1) is 8.97. The van der Waals surface area contributed by atoms with E-state index in [-0.39, 0.29) is 12.2 Å². The Morgan fingerprint density at radius 1 is 1.26 bits per heavy atom. The quantitative estimate of drug-likeness (QED) is 0.669. The van der Waals surface area contributed by atoms with Crippen LogP contribution in [-0.4, -0.2) is 5.78 Å². The zero-order valence-corrected chi connectivity index (χ0v) is 12.1. The SMILES string of the molecule is Nc1cc(C(=O)Cc2ccc(Br)cc2F)ccc1Cl. The average molecular weight is 343 g/mol. The predicted molar refractivity (Wildman–Crippen MR) is 78.0 cm³/mol. The molecule has 0 saturated carbocycles. The van der Waals surface area contributed by atoms with Gasteiger partial charge in [0.1, 0.15) is 5.82 Å². The van der Waals surface area contributed by atoms with E-state index in [9.17, 15) is 9.18 Å². The minimum atomic E-state index is -0.412. The number of hydrogen-bond donors (Lipinski definition) is 1. The van der Waals surface area contributed by atoms with Gasteiger partial charge in [-0.25, -0.2) is 4.39 Å². The number of Topliss-reactive ketones (excluding diaryl/α,β-unsaturated/α-hetero) is 1. The van der Waals surface area contributed by atoms with Crippen molar-refractivity contribution in [3.63, 3.8) is 0 Å². The highest BCUT2D eigenvalue weighted by atomic mass is 79.9. The Labute approximate surface area is 123 Å². The van der Waals surface area contributed by atoms with Gasteiger partial charge in [0.2, 0.25) is 0 Å². The van der Waals surface area contributed by atoms with Crippen LogP contribution >= 0.6 is 27.5 Å². The van der Waals surface area contributed by atoms with E-state index < -0.39 is 5.82 Å². The number of rotatable bonds is 3. The lowest BCUT2D eigenvalue weighted by molar-refractivity contribution is 0.0992. The van der Waals surface area contributed by atoms with E-state index >= 15 is 0 Å². The summed E-state index contributed by atoms with van der Waals surface area (Å²) in [6.07, 6.45) is -0.0137. The molecule has 0 unspecified atom stereocenters. The van der Waals surface area contributed by atoms with Crippen molar-refractivity contribution >= 4 is 39.0 Å². The van der Waals surface area contributed by atoms with Crippen molar-refractivity contribution in [1.82, 2.24) is 0 Å². The summed E-state index contributed by atoms with van der Waals surface area (Å²) in [6, 6.07) is 9.25. The first-order valence-electron chi connectivity index (χ1n) is 5.49. The Bertz CT molecular complexity index is 645. The van der Waals surface area contributed by atoms with Crippen molar-refractivity contribution in [2.24, 2.45) is 0 Å². The maximum absolute atomic E-state index is 13.6. The topological polar surface area (TPSA) is 43.1 Å². The molecule has 0 aliphatic heterocycles. The van der Waals surface area contributed by atoms with Crippen LogP contribution in [0, 0.1) is 5.82 Å². The van der Waals surface area contributed by atoms with E-state index in [2.05, 4.69) is 15.9 Å². The number of nitrogens with two attached hydrogens (primary N) is 1. The fraction of sp³-hybridized carbons (Fsp3) is 0.0714. The number of carbonyl (C=O) groups is 1. The molecule has 2 aromatic carbocycles. The summed E-state index contributed by atoms with van der Waals surface area (Å²) in [7, 11) is 0. The molecule has 0 radical (unpaired) electrons. The number of halogens is 3. The van der Waals surface area contributed by atoms with Crippen molar-refractivity contribution in [2.75, 3.05) is 5.73 Å². The molecule has 0 bridgehead atoms. The van der Waals surface area contributed by atoms with E-state index in [0.29, 0.717) is 26.3 Å². The largest absolute Gasteiger partial charge is 0.398 e. The number of hydrogen-bond acceptors (Lipinski definition) is 2. The molecule has 0 saturated heterocycles. The van der Waals surface area contributed by atoms with Gasteiger partial charge < -0.3 is 5.73 Å². The van der Waals surface area contributed by atoms with Crippen LogP contribution in [0.3, 0.4) is 0 Å². The molecule has 0 spiro atoms. The summed E-state index contributed by atoms with van der Waals surface area (Å²) in [5, 5.41) is 0.395. The molecule has 2 rings (SSSR count). The van der Waals surface area contributed by atoms with Crippen LogP contribution in [0.25, 0.3) is 0 Å². The lowest BCUT2D eigenvalue weighted by Gasteiger charge is -2.05. The lowest BCUT2D eigenvalue weighted by Crippen LogP contribution is -2.06. The highest BCUT2D eigenvalue weighted by Crippen LogP contribution is 2.21. The number of carbonyl (C=O) groups excluding carboxylic acids is 1. The molecule has 0 amide bonds. The Hall–Kier alpha value is -1.39. The van der Waals surface area contributed by atoms with Gasteiger partial charge in [0.15, 0.2) is 5.78 Å². The molecule has 2 aromatic rings. The van der Waals surface area contributed by atoms with Gasteiger partial charge in [0, 0.05) is 16.5 Å². The Balaban J connectivity index is 2.23. The normalized spacial score (nSPS) is 10.5. The highest BCUT2D eigenvalue weighted by molar-refractivity contribution is 9.10. The second kappa shape index (κ2) is 5.72. The molecule has 2 nitrogen and oxygen atoms in total. The van der Waals surface area contributed by atoms with Crippen molar-refractivity contribution < 1.29 is 9.18 Å². The molecule has 0 aromatic heterocycles. The average Bonchev–Trinajstić information content (AvgIpc) is 2.36. The van der Waals surface area contributed by atoms with Crippen LogP contribution in [-0.2, 0) is 6.42 Å². The van der Waals surface area contributed by atoms with Gasteiger partial charge in [-0.1, -0.05) is 33.6 Å². The van der Waals surface area contributed by atoms with E-state index in [1.54, 1.807) is 24.3 Å². The lowest BCUT2D eigenvalue weighted by atomic mass is 10.0. The van der Waals surface area contributed by atoms with Crippen LogP contribution in [0.15, 0.2) is 40.9 Å². The fourth-order valence-corrected chi connectivity index (χ4v) is 2.11. The van der Waals surface area contributed by atoms with Gasteiger partial charge in [-0.15, -0.1) is 0 Å². The maximum Gasteiger partial charge on any atom is 0.167 e. The zero-order chi connectivity index (χ0) is 14.0. The summed E-state index contributed by atoms with van der Waals surface area (Å²) < 4.78 is 14.3. The van der Waals surface area contributed by atoms with Crippen molar-refractivity contribution in [1.29, 1.82) is 0 Å². The Kier molecular flexibility index (Phi) is 4.22. The van der Waals surface area contributed by atoms with Crippen LogP contribution in [0.4, 0.5) is 10.1 Å². The van der Waals surface area contributed by atoms with Gasteiger partial charge >= 0.3 is 0 Å². The third-order valence-electron chi connectivity index (χ3n) is 2.68. The van der Waals surface area contributed by atoms with E-state index in [1.807, 2.05) is 0 Å². The monoisotopic (exact) mass is 341 g/mol. The van der Waals surface area contributed by atoms with Crippen molar-refractivity contribution in [2.45, 2.75) is 6.42 Å². The molecule has 2 N–H and O–H groups in total. The summed E-state index contributed by atoms with van der Waals surface area (Å²) in [6.45, 7) is 0. The molecule has 0 fully saturated rings. The minimum absolute atomic E-state index is 0.0137. The minimum Gasteiger partial charge on any atom is -0.398 e. The maximum atomic E-state index is 13.6. The smallest absolute Gasteiger partial charge is 0.167 e. The second-order valence-corrected chi connectivity index (χ2v) is 5.39. The summed E-state index contributed by atoms with van der Waals surface area (Å²) >= 11 is 8.96. The first-order valence-corrected chi connectivity index (χ1v) is 6.66. The number of benzene rings is 2. The third-order valence-corrected chi connectivity index (χ3v) is 3.52. The molecular formula is C14H10BrClFNO. The van der Waals surface area contributed by atoms with Crippen molar-refractivity contribution in [3.05, 3.63) is 62.8 Å². The molecule has 0 atom stereocenters. The molecule has 0 aliphatic carbocycles. The van der Waals surface area contributed by atoms with Gasteiger partial charge in [-0.2, -0.15) is 0 Å². The van der Waals surface area contributed by atoms with E-state index in [4.69, 9.17) is 17.3 Å². The zero-order valence-electron chi connectivity index (χ0n) is 9.79. The predicted octanol–water partition coefficient (Wildman–Crippen LogP) is 4.25. The number of ketones is 1. The second-order valence-electron chi connectivity index (χ2n) is 4.07. The number of nitrogen functional groups attached to an aromatic ring is 1. The van der Waals surface area contributed by atoms with Gasteiger partial charge in [-0.3, -0.25) is 4.79 Å². The summed E-state index contributed by atoms with van der Waals surface area (Å²) in [5.41, 5.74) is 6.74. The molecular weight excluding hydrogens is 333 g/mol. The molecule has 19 heavy (non-hydrogen) atoms. The Morgan fingerprint density at radius 2 is 2.00 bits per heavy atom. The fourth-order valence-electron chi connectivity index (χ4n) is 1.66. The molecule has 0 aliphatic rings. The van der Waals surface area contributed by atoms with Crippen LogP contribution in [0.1, 0.15) is 15.9 Å². The van der Waals surface area contributed by atoms with Crippen LogP contribution in [0.5, 0.6) is 0 Å². The Morgan fingerprint density at radius 3 is 2.63 bits per heavy atom. The highest BCUT2D eigenvalue weighted by Gasteiger charge is 2.12. The molecule has 98 valence electrons. The summed E-state index contributed by atoms with van der Waals surface area (Å²) in [5.74, 6) is -0.616. The van der Waals surface area contributed by atoms with E-state index in [1.165, 1.54) is 12.1 Å². The van der Waals surface area contributed by atoms with Crippen LogP contribution in [0.2, 0.25) is 5.02 Å². The third kappa shape index (κ3) is 3.33. The molecule has 0 heterocycles.